The predicted molar refractivity (Wildman–Crippen MR) is 121 cm³/mol. The molecule has 0 bridgehead atoms. The van der Waals surface area contributed by atoms with E-state index in [1.165, 1.54) is 17.0 Å². The summed E-state index contributed by atoms with van der Waals surface area (Å²) in [5, 5.41) is 3.52. The van der Waals surface area contributed by atoms with Crippen molar-refractivity contribution in [3.63, 3.8) is 0 Å². The van der Waals surface area contributed by atoms with Gasteiger partial charge in [-0.3, -0.25) is 9.59 Å². The molecule has 0 radical (unpaired) electrons. The number of carbonyl (C=O) groups is 2. The number of amides is 2. The van der Waals surface area contributed by atoms with Gasteiger partial charge in [0.05, 0.1) is 0 Å². The number of hydrogen-bond acceptors (Lipinski definition) is 3. The van der Waals surface area contributed by atoms with Crippen molar-refractivity contribution in [2.45, 2.75) is 53.1 Å². The maximum Gasteiger partial charge on any atom is 0.261 e. The zero-order valence-electron chi connectivity index (χ0n) is 18.5. The lowest BCUT2D eigenvalue weighted by Crippen LogP contribution is -2.50. The Morgan fingerprint density at radius 2 is 1.74 bits per heavy atom. The van der Waals surface area contributed by atoms with Gasteiger partial charge in [-0.15, -0.1) is 0 Å². The fourth-order valence-electron chi connectivity index (χ4n) is 3.29. The van der Waals surface area contributed by atoms with Crippen LogP contribution >= 0.6 is 11.6 Å². The Kier molecular flexibility index (Phi) is 9.31. The number of ether oxygens (including phenoxy) is 1. The van der Waals surface area contributed by atoms with Crippen LogP contribution in [0.3, 0.4) is 0 Å². The largest absolute Gasteiger partial charge is 0.484 e. The normalized spacial score (nSPS) is 11.7. The molecule has 31 heavy (non-hydrogen) atoms. The van der Waals surface area contributed by atoms with Gasteiger partial charge in [-0.1, -0.05) is 37.6 Å². The Bertz CT molecular complexity index is 879. The molecule has 1 atom stereocenters. The number of benzene rings is 2. The SMILES string of the molecule is CCCNC(=O)[C@@H](CC)N(Cc1ccc(F)cc1)C(=O)COc1cc(C)c(Cl)c(C)c1. The molecule has 0 aliphatic rings. The monoisotopic (exact) mass is 448 g/mol. The van der Waals surface area contributed by atoms with Gasteiger partial charge in [0.1, 0.15) is 17.6 Å². The van der Waals surface area contributed by atoms with Crippen LogP contribution in [0.25, 0.3) is 0 Å². The van der Waals surface area contributed by atoms with Crippen LogP contribution in [0, 0.1) is 19.7 Å². The lowest BCUT2D eigenvalue weighted by molar-refractivity contribution is -0.143. The van der Waals surface area contributed by atoms with Crippen LogP contribution in [0.4, 0.5) is 4.39 Å². The van der Waals surface area contributed by atoms with Gasteiger partial charge in [0.25, 0.3) is 5.91 Å². The van der Waals surface area contributed by atoms with E-state index >= 15 is 0 Å². The Morgan fingerprint density at radius 3 is 2.29 bits per heavy atom. The molecular formula is C24H30ClFN2O3. The van der Waals surface area contributed by atoms with E-state index in [9.17, 15) is 14.0 Å². The summed E-state index contributed by atoms with van der Waals surface area (Å²) in [4.78, 5) is 27.3. The zero-order valence-corrected chi connectivity index (χ0v) is 19.3. The number of aryl methyl sites for hydroxylation is 2. The van der Waals surface area contributed by atoms with Gasteiger partial charge in [-0.25, -0.2) is 4.39 Å². The fraction of sp³-hybridized carbons (Fsp3) is 0.417. The van der Waals surface area contributed by atoms with E-state index in [-0.39, 0.29) is 30.8 Å². The van der Waals surface area contributed by atoms with Crippen LogP contribution in [-0.2, 0) is 16.1 Å². The molecule has 5 nitrogen and oxygen atoms in total. The molecule has 0 aliphatic heterocycles. The summed E-state index contributed by atoms with van der Waals surface area (Å²) in [6.45, 7) is 8.05. The van der Waals surface area contributed by atoms with Gasteiger partial charge >= 0.3 is 0 Å². The maximum absolute atomic E-state index is 13.3. The molecule has 0 fully saturated rings. The summed E-state index contributed by atoms with van der Waals surface area (Å²) in [6, 6.07) is 8.80. The highest BCUT2D eigenvalue weighted by Gasteiger charge is 2.28. The van der Waals surface area contributed by atoms with E-state index in [0.717, 1.165) is 23.1 Å². The van der Waals surface area contributed by atoms with E-state index in [1.807, 2.05) is 27.7 Å². The van der Waals surface area contributed by atoms with Crippen molar-refractivity contribution in [1.29, 1.82) is 0 Å². The summed E-state index contributed by atoms with van der Waals surface area (Å²) in [5.74, 6) is -0.352. The fourth-order valence-corrected chi connectivity index (χ4v) is 3.40. The van der Waals surface area contributed by atoms with Crippen molar-refractivity contribution in [3.8, 4) is 5.75 Å². The maximum atomic E-state index is 13.3. The van der Waals surface area contributed by atoms with Gasteiger partial charge in [0.15, 0.2) is 6.61 Å². The van der Waals surface area contributed by atoms with Crippen LogP contribution < -0.4 is 10.1 Å². The smallest absolute Gasteiger partial charge is 0.261 e. The average Bonchev–Trinajstić information content (AvgIpc) is 2.75. The van der Waals surface area contributed by atoms with Gasteiger partial charge in [-0.2, -0.15) is 0 Å². The first-order chi connectivity index (χ1) is 14.8. The molecule has 0 heterocycles. The minimum atomic E-state index is -0.651. The van der Waals surface area contributed by atoms with E-state index in [4.69, 9.17) is 16.3 Å². The van der Waals surface area contributed by atoms with Gasteiger partial charge < -0.3 is 15.0 Å². The molecule has 2 aromatic rings. The van der Waals surface area contributed by atoms with Crippen molar-refractivity contribution in [3.05, 3.63) is 63.9 Å². The number of carbonyl (C=O) groups excluding carboxylic acids is 2. The molecule has 0 aliphatic carbocycles. The zero-order chi connectivity index (χ0) is 23.0. The summed E-state index contributed by atoms with van der Waals surface area (Å²) in [7, 11) is 0. The van der Waals surface area contributed by atoms with Crippen molar-refractivity contribution in [2.24, 2.45) is 0 Å². The second-order valence-electron chi connectivity index (χ2n) is 7.52. The molecule has 0 unspecified atom stereocenters. The minimum absolute atomic E-state index is 0.180. The lowest BCUT2D eigenvalue weighted by Gasteiger charge is -2.30. The number of rotatable bonds is 10. The van der Waals surface area contributed by atoms with Crippen LogP contribution in [0.15, 0.2) is 36.4 Å². The predicted octanol–water partition coefficient (Wildman–Crippen LogP) is 4.81. The van der Waals surface area contributed by atoms with E-state index < -0.39 is 6.04 Å². The average molecular weight is 449 g/mol. The lowest BCUT2D eigenvalue weighted by atomic mass is 10.1. The summed E-state index contributed by atoms with van der Waals surface area (Å²) < 4.78 is 19.0. The van der Waals surface area contributed by atoms with Crippen LogP contribution in [-0.4, -0.2) is 35.9 Å². The molecule has 0 saturated heterocycles. The van der Waals surface area contributed by atoms with Crippen molar-refractivity contribution >= 4 is 23.4 Å². The Labute approximate surface area is 188 Å². The van der Waals surface area contributed by atoms with Crippen LogP contribution in [0.5, 0.6) is 5.75 Å². The molecule has 0 spiro atoms. The third-order valence-corrected chi connectivity index (χ3v) is 5.57. The van der Waals surface area contributed by atoms with E-state index in [0.29, 0.717) is 23.7 Å². The molecule has 1 N–H and O–H groups in total. The molecule has 2 rings (SSSR count). The van der Waals surface area contributed by atoms with Crippen molar-refractivity contribution in [1.82, 2.24) is 10.2 Å². The summed E-state index contributed by atoms with van der Waals surface area (Å²) >= 11 is 6.20. The van der Waals surface area contributed by atoms with Gasteiger partial charge in [0, 0.05) is 18.1 Å². The molecule has 0 aromatic heterocycles. The third kappa shape index (κ3) is 6.96. The number of nitrogens with zero attached hydrogens (tertiary/aromatic N) is 1. The van der Waals surface area contributed by atoms with Gasteiger partial charge in [-0.05, 0) is 67.6 Å². The molecule has 2 amide bonds. The molecule has 7 heteroatoms. The molecule has 2 aromatic carbocycles. The Hall–Kier alpha value is -2.60. The second-order valence-corrected chi connectivity index (χ2v) is 7.90. The first-order valence-corrected chi connectivity index (χ1v) is 10.9. The Morgan fingerprint density at radius 1 is 1.13 bits per heavy atom. The molecule has 0 saturated carbocycles. The van der Waals surface area contributed by atoms with Crippen molar-refractivity contribution < 1.29 is 18.7 Å². The third-order valence-electron chi connectivity index (χ3n) is 4.97. The first-order valence-electron chi connectivity index (χ1n) is 10.5. The first kappa shape index (κ1) is 24.7. The highest BCUT2D eigenvalue weighted by Crippen LogP contribution is 2.26. The second kappa shape index (κ2) is 11.7. The van der Waals surface area contributed by atoms with Crippen molar-refractivity contribution in [2.75, 3.05) is 13.2 Å². The summed E-state index contributed by atoms with van der Waals surface area (Å²) in [6.07, 6.45) is 1.24. The minimum Gasteiger partial charge on any atom is -0.484 e. The number of hydrogen-bond donors (Lipinski definition) is 1. The highest BCUT2D eigenvalue weighted by molar-refractivity contribution is 6.32. The van der Waals surface area contributed by atoms with Crippen LogP contribution in [0.2, 0.25) is 5.02 Å². The van der Waals surface area contributed by atoms with Crippen LogP contribution in [0.1, 0.15) is 43.4 Å². The molecular weight excluding hydrogens is 419 g/mol. The summed E-state index contributed by atoms with van der Waals surface area (Å²) in [5.41, 5.74) is 2.45. The highest BCUT2D eigenvalue weighted by atomic mass is 35.5. The van der Waals surface area contributed by atoms with E-state index in [1.54, 1.807) is 24.3 Å². The van der Waals surface area contributed by atoms with E-state index in [2.05, 4.69) is 5.32 Å². The number of nitrogens with one attached hydrogen (secondary N) is 1. The Balaban J connectivity index is 2.21. The van der Waals surface area contributed by atoms with Gasteiger partial charge in [0.2, 0.25) is 5.91 Å². The molecule has 168 valence electrons. The topological polar surface area (TPSA) is 58.6 Å². The quantitative estimate of drug-likeness (QED) is 0.567. The number of halogens is 2. The standard InChI is InChI=1S/C24H30ClFN2O3/c1-5-11-27-24(30)21(6-2)28(14-18-7-9-19(26)10-8-18)22(29)15-31-20-12-16(3)23(25)17(4)13-20/h7-10,12-13,21H,5-6,11,14-15H2,1-4H3,(H,27,30)/t21-/m1/s1.